The summed E-state index contributed by atoms with van der Waals surface area (Å²) in [5.74, 6) is -1.03. The van der Waals surface area contributed by atoms with E-state index in [0.29, 0.717) is 17.3 Å². The van der Waals surface area contributed by atoms with Gasteiger partial charge in [-0.2, -0.15) is 0 Å². The van der Waals surface area contributed by atoms with Crippen LogP contribution in [0.5, 0.6) is 0 Å². The van der Waals surface area contributed by atoms with Crippen molar-refractivity contribution in [3.63, 3.8) is 0 Å². The highest BCUT2D eigenvalue weighted by molar-refractivity contribution is 7.99. The van der Waals surface area contributed by atoms with Gasteiger partial charge in [0.2, 0.25) is 0 Å². The summed E-state index contributed by atoms with van der Waals surface area (Å²) in [6.45, 7) is 1.73. The molecule has 1 unspecified atom stereocenters. The number of benzene rings is 2. The van der Waals surface area contributed by atoms with Gasteiger partial charge in [-0.15, -0.1) is 0 Å². The SMILES string of the molecule is CCC(C(=O)O)n1cnc2ccc(Sc3ccccc3)cc2c1=O. The van der Waals surface area contributed by atoms with E-state index in [1.54, 1.807) is 30.8 Å². The smallest absolute Gasteiger partial charge is 0.326 e. The molecule has 1 aromatic heterocycles. The van der Waals surface area contributed by atoms with Crippen LogP contribution >= 0.6 is 11.8 Å². The molecule has 0 aliphatic carbocycles. The highest BCUT2D eigenvalue weighted by atomic mass is 32.2. The fourth-order valence-corrected chi connectivity index (χ4v) is 3.39. The maximum Gasteiger partial charge on any atom is 0.326 e. The van der Waals surface area contributed by atoms with Gasteiger partial charge in [0.1, 0.15) is 6.04 Å². The number of fused-ring (bicyclic) bond motifs is 1. The van der Waals surface area contributed by atoms with Gasteiger partial charge in [-0.05, 0) is 36.8 Å². The predicted octanol–water partition coefficient (Wildman–Crippen LogP) is 3.58. The summed E-state index contributed by atoms with van der Waals surface area (Å²) < 4.78 is 1.20. The molecule has 0 saturated heterocycles. The van der Waals surface area contributed by atoms with Gasteiger partial charge in [0.15, 0.2) is 0 Å². The van der Waals surface area contributed by atoms with E-state index in [-0.39, 0.29) is 5.56 Å². The number of carboxylic acids is 1. The average Bonchev–Trinajstić information content (AvgIpc) is 2.58. The van der Waals surface area contributed by atoms with E-state index in [4.69, 9.17) is 0 Å². The first-order valence-electron chi connectivity index (χ1n) is 7.56. The van der Waals surface area contributed by atoms with Gasteiger partial charge in [0, 0.05) is 9.79 Å². The second-order valence-electron chi connectivity index (χ2n) is 5.31. The van der Waals surface area contributed by atoms with Crippen LogP contribution in [0.15, 0.2) is 69.4 Å². The van der Waals surface area contributed by atoms with Crippen molar-refractivity contribution in [3.05, 3.63) is 65.2 Å². The molecule has 122 valence electrons. The van der Waals surface area contributed by atoms with Crippen molar-refractivity contribution in [1.29, 1.82) is 0 Å². The summed E-state index contributed by atoms with van der Waals surface area (Å²) in [5.41, 5.74) is 0.235. The summed E-state index contributed by atoms with van der Waals surface area (Å²) in [6, 6.07) is 14.4. The third kappa shape index (κ3) is 3.19. The largest absolute Gasteiger partial charge is 0.480 e. The second-order valence-corrected chi connectivity index (χ2v) is 6.46. The maximum atomic E-state index is 12.7. The molecule has 1 heterocycles. The van der Waals surface area contributed by atoms with E-state index in [1.807, 2.05) is 36.4 Å². The summed E-state index contributed by atoms with van der Waals surface area (Å²) in [7, 11) is 0. The molecule has 6 heteroatoms. The third-order valence-corrected chi connectivity index (χ3v) is 4.74. The van der Waals surface area contributed by atoms with Crippen LogP contribution in [0, 0.1) is 0 Å². The Morgan fingerprint density at radius 3 is 2.62 bits per heavy atom. The molecule has 5 nitrogen and oxygen atoms in total. The molecule has 3 rings (SSSR count). The summed E-state index contributed by atoms with van der Waals surface area (Å²) >= 11 is 1.55. The zero-order valence-corrected chi connectivity index (χ0v) is 13.9. The lowest BCUT2D eigenvalue weighted by molar-refractivity contribution is -0.141. The highest BCUT2D eigenvalue weighted by Gasteiger charge is 2.19. The van der Waals surface area contributed by atoms with E-state index in [9.17, 15) is 14.7 Å². The molecule has 1 atom stereocenters. The molecule has 1 N–H and O–H groups in total. The van der Waals surface area contributed by atoms with Crippen molar-refractivity contribution < 1.29 is 9.90 Å². The van der Waals surface area contributed by atoms with Crippen molar-refractivity contribution >= 4 is 28.6 Å². The number of hydrogen-bond acceptors (Lipinski definition) is 4. The van der Waals surface area contributed by atoms with E-state index in [1.165, 1.54) is 10.9 Å². The highest BCUT2D eigenvalue weighted by Crippen LogP contribution is 2.28. The molecule has 0 bridgehead atoms. The number of hydrogen-bond donors (Lipinski definition) is 1. The predicted molar refractivity (Wildman–Crippen MR) is 93.5 cm³/mol. The molecular weight excluding hydrogens is 324 g/mol. The van der Waals surface area contributed by atoms with Crippen molar-refractivity contribution in [3.8, 4) is 0 Å². The number of nitrogens with zero attached hydrogens (tertiary/aromatic N) is 2. The van der Waals surface area contributed by atoms with Crippen LogP contribution in [-0.4, -0.2) is 20.6 Å². The van der Waals surface area contributed by atoms with Gasteiger partial charge in [-0.3, -0.25) is 9.36 Å². The van der Waals surface area contributed by atoms with Crippen LogP contribution in [0.4, 0.5) is 0 Å². The molecule has 0 aliphatic heterocycles. The molecule has 0 saturated carbocycles. The number of carboxylic acid groups (broad SMARTS) is 1. The number of rotatable bonds is 5. The van der Waals surface area contributed by atoms with Gasteiger partial charge in [0.25, 0.3) is 5.56 Å². The van der Waals surface area contributed by atoms with Crippen LogP contribution in [0.1, 0.15) is 19.4 Å². The van der Waals surface area contributed by atoms with Crippen LogP contribution < -0.4 is 5.56 Å². The molecule has 24 heavy (non-hydrogen) atoms. The Morgan fingerprint density at radius 2 is 1.96 bits per heavy atom. The van der Waals surface area contributed by atoms with E-state index < -0.39 is 12.0 Å². The Hall–Kier alpha value is -2.60. The Labute approximate surface area is 143 Å². The lowest BCUT2D eigenvalue weighted by Gasteiger charge is -2.13. The molecular formula is C18H16N2O3S. The van der Waals surface area contributed by atoms with E-state index >= 15 is 0 Å². The first kappa shape index (κ1) is 16.3. The zero-order chi connectivity index (χ0) is 17.1. The quantitative estimate of drug-likeness (QED) is 0.768. The number of carbonyl (C=O) groups is 1. The van der Waals surface area contributed by atoms with E-state index in [0.717, 1.165) is 9.79 Å². The van der Waals surface area contributed by atoms with Gasteiger partial charge >= 0.3 is 5.97 Å². The van der Waals surface area contributed by atoms with Crippen molar-refractivity contribution in [2.45, 2.75) is 29.2 Å². The zero-order valence-electron chi connectivity index (χ0n) is 13.0. The molecule has 0 spiro atoms. The molecule has 0 amide bonds. The topological polar surface area (TPSA) is 72.2 Å². The summed E-state index contributed by atoms with van der Waals surface area (Å²) in [5, 5.41) is 9.71. The van der Waals surface area contributed by atoms with Crippen molar-refractivity contribution in [2.75, 3.05) is 0 Å². The minimum Gasteiger partial charge on any atom is -0.480 e. The van der Waals surface area contributed by atoms with Gasteiger partial charge in [-0.25, -0.2) is 9.78 Å². The Bertz CT molecular complexity index is 938. The lowest BCUT2D eigenvalue weighted by Crippen LogP contribution is -2.29. The summed E-state index contributed by atoms with van der Waals surface area (Å²) in [6.07, 6.45) is 1.64. The normalized spacial score (nSPS) is 12.2. The number of aliphatic carboxylic acids is 1. The third-order valence-electron chi connectivity index (χ3n) is 3.74. The molecule has 3 aromatic rings. The van der Waals surface area contributed by atoms with Gasteiger partial charge in [0.05, 0.1) is 17.2 Å². The van der Waals surface area contributed by atoms with Crippen LogP contribution in [0.2, 0.25) is 0 Å². The average molecular weight is 340 g/mol. The summed E-state index contributed by atoms with van der Waals surface area (Å²) in [4.78, 5) is 30.2. The van der Waals surface area contributed by atoms with Crippen LogP contribution in [-0.2, 0) is 4.79 Å². The maximum absolute atomic E-state index is 12.7. The molecule has 0 fully saturated rings. The fraction of sp³-hybridized carbons (Fsp3) is 0.167. The number of aromatic nitrogens is 2. The van der Waals surface area contributed by atoms with Crippen LogP contribution in [0.25, 0.3) is 10.9 Å². The Balaban J connectivity index is 2.06. The lowest BCUT2D eigenvalue weighted by atomic mass is 10.2. The fourth-order valence-electron chi connectivity index (χ4n) is 2.52. The first-order chi connectivity index (χ1) is 11.6. The second kappa shape index (κ2) is 6.88. The monoisotopic (exact) mass is 340 g/mol. The first-order valence-corrected chi connectivity index (χ1v) is 8.38. The molecule has 0 radical (unpaired) electrons. The Morgan fingerprint density at radius 1 is 1.21 bits per heavy atom. The molecule has 2 aromatic carbocycles. The van der Waals surface area contributed by atoms with Gasteiger partial charge in [-0.1, -0.05) is 36.9 Å². The molecule has 0 aliphatic rings. The van der Waals surface area contributed by atoms with Crippen molar-refractivity contribution in [1.82, 2.24) is 9.55 Å². The van der Waals surface area contributed by atoms with Crippen molar-refractivity contribution in [2.24, 2.45) is 0 Å². The van der Waals surface area contributed by atoms with Crippen LogP contribution in [0.3, 0.4) is 0 Å². The standard InChI is InChI=1S/C18H16N2O3S/c1-2-16(18(22)23)20-11-19-15-9-8-13(10-14(15)17(20)21)24-12-6-4-3-5-7-12/h3-11,16H,2H2,1H3,(H,22,23). The minimum absolute atomic E-state index is 0.320. The Kier molecular flexibility index (Phi) is 4.66. The minimum atomic E-state index is -1.03. The van der Waals surface area contributed by atoms with Gasteiger partial charge < -0.3 is 5.11 Å². The van der Waals surface area contributed by atoms with E-state index in [2.05, 4.69) is 4.98 Å².